The van der Waals surface area contributed by atoms with Crippen molar-refractivity contribution in [3.63, 3.8) is 0 Å². The highest BCUT2D eigenvalue weighted by Crippen LogP contribution is 2.44. The molecule has 0 amide bonds. The molecule has 7 atom stereocenters. The van der Waals surface area contributed by atoms with Crippen LogP contribution in [0, 0.1) is 10.8 Å². The molecule has 0 aromatic rings. The highest BCUT2D eigenvalue weighted by molar-refractivity contribution is 6.02. The first-order valence-electron chi connectivity index (χ1n) is 26.3. The van der Waals surface area contributed by atoms with Crippen LogP contribution in [0.1, 0.15) is 114 Å². The lowest BCUT2D eigenvalue weighted by Gasteiger charge is -2.38. The minimum absolute atomic E-state index is 0.212. The molecule has 0 saturated heterocycles. The number of allylic oxidation sites excluding steroid dienone is 20. The lowest BCUT2D eigenvalue weighted by molar-refractivity contribution is -0.160. The smallest absolute Gasteiger partial charge is 0.377 e. The van der Waals surface area contributed by atoms with Gasteiger partial charge in [-0.1, -0.05) is 135 Å². The first kappa shape index (κ1) is 65.4. The lowest BCUT2D eigenvalue weighted by atomic mass is 9.68. The normalized spacial score (nSPS) is 24.1. The Bertz CT molecular complexity index is 2900. The quantitative estimate of drug-likeness (QED) is 0.0284. The maximum Gasteiger partial charge on any atom is 0.377 e. The molecule has 0 fully saturated rings. The van der Waals surface area contributed by atoms with E-state index in [-0.39, 0.29) is 24.4 Å². The zero-order valence-electron chi connectivity index (χ0n) is 47.3. The number of aliphatic hydroxyl groups excluding tert-OH is 6. The van der Waals surface area contributed by atoms with Crippen LogP contribution < -0.4 is 0 Å². The fraction of sp³-hybridized carbons (Fsp3) is 0.443. The van der Waals surface area contributed by atoms with Crippen LogP contribution in [-0.2, 0) is 66.8 Å². The van der Waals surface area contributed by atoms with Crippen LogP contribution in [-0.4, -0.2) is 128 Å². The number of ketones is 2. The third-order valence-corrected chi connectivity index (χ3v) is 13.9. The summed E-state index contributed by atoms with van der Waals surface area (Å²) in [7, 11) is 0. The summed E-state index contributed by atoms with van der Waals surface area (Å²) >= 11 is 0. The Hall–Kier alpha value is -8.10. The molecule has 4 rings (SSSR count). The van der Waals surface area contributed by atoms with Crippen LogP contribution in [0.25, 0.3) is 0 Å². The maximum atomic E-state index is 13.4. The van der Waals surface area contributed by atoms with Crippen LogP contribution in [0.3, 0.4) is 0 Å². The molecular weight excluding hydrogens is 1050 g/mol. The Morgan fingerprint density at radius 3 is 1.31 bits per heavy atom. The molecule has 6 N–H and O–H groups in total. The monoisotopic (exact) mass is 1130 g/mol. The highest BCUT2D eigenvalue weighted by Gasteiger charge is 2.44. The van der Waals surface area contributed by atoms with E-state index in [2.05, 4.69) is 9.47 Å². The van der Waals surface area contributed by atoms with E-state index in [9.17, 15) is 69.0 Å². The number of carbonyl (C=O) groups excluding carboxylic acids is 8. The fourth-order valence-corrected chi connectivity index (χ4v) is 8.93. The van der Waals surface area contributed by atoms with Gasteiger partial charge in [0.25, 0.3) is 0 Å². The molecule has 4 aliphatic rings. The summed E-state index contributed by atoms with van der Waals surface area (Å²) < 4.78 is 30.1. The van der Waals surface area contributed by atoms with Crippen LogP contribution in [0.5, 0.6) is 0 Å². The summed E-state index contributed by atoms with van der Waals surface area (Å²) in [6.07, 6.45) is 17.9. The molecule has 2 aliphatic heterocycles. The van der Waals surface area contributed by atoms with Crippen molar-refractivity contribution in [3.8, 4) is 0 Å². The number of Topliss-reactive ketones (excluding diaryl/α,β-unsaturated/α-hetero) is 2. The van der Waals surface area contributed by atoms with Crippen molar-refractivity contribution in [3.05, 3.63) is 153 Å². The number of aliphatic hydroxyl groups is 6. The minimum atomic E-state index is -1.66. The Morgan fingerprint density at radius 2 is 0.914 bits per heavy atom. The van der Waals surface area contributed by atoms with Crippen molar-refractivity contribution in [2.45, 2.75) is 151 Å². The van der Waals surface area contributed by atoms with E-state index in [0.29, 0.717) is 17.6 Å². The lowest BCUT2D eigenvalue weighted by Crippen LogP contribution is -2.40. The van der Waals surface area contributed by atoms with E-state index < -0.39 is 145 Å². The van der Waals surface area contributed by atoms with E-state index in [4.69, 9.17) is 18.9 Å². The summed E-state index contributed by atoms with van der Waals surface area (Å²) in [6, 6.07) is 0. The molecule has 2 aliphatic carbocycles. The summed E-state index contributed by atoms with van der Waals surface area (Å²) in [5, 5.41) is 58.4. The molecule has 0 saturated carbocycles. The average Bonchev–Trinajstić information content (AvgIpc) is 4.04. The van der Waals surface area contributed by atoms with Gasteiger partial charge >= 0.3 is 35.8 Å². The van der Waals surface area contributed by atoms with E-state index in [1.54, 1.807) is 13.8 Å². The second-order valence-electron chi connectivity index (χ2n) is 21.0. The molecule has 20 nitrogen and oxygen atoms in total. The van der Waals surface area contributed by atoms with Gasteiger partial charge in [0, 0.05) is 12.8 Å². The van der Waals surface area contributed by atoms with Gasteiger partial charge in [-0.2, -0.15) is 0 Å². The molecule has 0 aromatic carbocycles. The standard InChI is InChI=1S/C61H74O20/c1-11-61(10)31-45(79-49(67)29-27-47(65)77-33-43(63)57-53(71)55(73)59(75)81-57)51(69)39(7)41(61)25-23-37(5)21-15-19-35(3)17-13-12-16-34(2)18-14-20-36(4)22-24-40-38(6)50(68)44(30-60(40,8)9)78-48(66)28-26-46(64)76-32-42(62)56-52(70)54(72)58(74)80-56/h12-25,42-45,56-57,62-63,70-73H,11,26-33H2,1-10H3/b13-12+,18-14+,19-15+,24-22+,25-23+,34-16+,35-17+,36-20+,37-21+. The van der Waals surface area contributed by atoms with Gasteiger partial charge in [0.1, 0.15) is 25.4 Å². The molecule has 0 spiro atoms. The van der Waals surface area contributed by atoms with Crippen molar-refractivity contribution in [2.75, 3.05) is 13.2 Å². The second kappa shape index (κ2) is 29.4. The molecule has 0 aromatic heterocycles. The van der Waals surface area contributed by atoms with Gasteiger partial charge in [-0.25, -0.2) is 9.59 Å². The third-order valence-electron chi connectivity index (χ3n) is 13.9. The average molecular weight is 1130 g/mol. The van der Waals surface area contributed by atoms with Crippen molar-refractivity contribution in [2.24, 2.45) is 10.8 Å². The van der Waals surface area contributed by atoms with E-state index in [0.717, 1.165) is 33.4 Å². The van der Waals surface area contributed by atoms with Crippen molar-refractivity contribution >= 4 is 47.4 Å². The number of esters is 6. The summed E-state index contributed by atoms with van der Waals surface area (Å²) in [4.78, 5) is 99.3. The summed E-state index contributed by atoms with van der Waals surface area (Å²) in [5.74, 6) is -10.4. The Labute approximate surface area is 470 Å². The SMILES string of the molecule is CCC1(C)CC(OC(=O)CCC(=O)OCC(O)C2OC(=O)C(O)=C2O)C(=O)C(C)=C1/C=C/C(C)=C/C=C/C(C)=C/C=C/C=C(C)/C=C/C=C(C)/C=C/C1=C(C)C(=O)C(OC(=O)CCC(=O)OCC(O)C2OC(=O)C(O)=C2O)CC1(C)C. The van der Waals surface area contributed by atoms with Gasteiger partial charge in [0.2, 0.25) is 11.5 Å². The summed E-state index contributed by atoms with van der Waals surface area (Å²) in [6.45, 7) is 17.7. The van der Waals surface area contributed by atoms with Crippen LogP contribution in [0.15, 0.2) is 153 Å². The van der Waals surface area contributed by atoms with Gasteiger partial charge in [0.15, 0.2) is 47.5 Å². The van der Waals surface area contributed by atoms with Crippen LogP contribution in [0.4, 0.5) is 0 Å². The van der Waals surface area contributed by atoms with Crippen molar-refractivity contribution in [1.82, 2.24) is 0 Å². The van der Waals surface area contributed by atoms with Gasteiger partial charge < -0.3 is 59.1 Å². The van der Waals surface area contributed by atoms with E-state index >= 15 is 0 Å². The molecule has 20 heteroatoms. The largest absolute Gasteiger partial charge is 0.505 e. The number of hydrogen-bond donors (Lipinski definition) is 6. The number of rotatable bonds is 25. The molecule has 0 radical (unpaired) electrons. The molecular formula is C61H74O20. The van der Waals surface area contributed by atoms with Crippen LogP contribution >= 0.6 is 0 Å². The number of carbonyl (C=O) groups is 8. The Balaban J connectivity index is 1.22. The third kappa shape index (κ3) is 18.5. The van der Waals surface area contributed by atoms with E-state index in [1.807, 2.05) is 140 Å². The molecule has 81 heavy (non-hydrogen) atoms. The predicted molar refractivity (Wildman–Crippen MR) is 294 cm³/mol. The van der Waals surface area contributed by atoms with Gasteiger partial charge in [-0.15, -0.1) is 0 Å². The first-order valence-corrected chi connectivity index (χ1v) is 26.3. The molecule has 7 unspecified atom stereocenters. The minimum Gasteiger partial charge on any atom is -0.505 e. The first-order chi connectivity index (χ1) is 38.0. The van der Waals surface area contributed by atoms with Crippen LogP contribution in [0.2, 0.25) is 0 Å². The fourth-order valence-electron chi connectivity index (χ4n) is 8.93. The number of cyclic esters (lactones) is 2. The molecule has 438 valence electrons. The summed E-state index contributed by atoms with van der Waals surface area (Å²) in [5.41, 5.74) is 5.36. The highest BCUT2D eigenvalue weighted by atomic mass is 16.6. The zero-order chi connectivity index (χ0) is 60.5. The Kier molecular flexibility index (Phi) is 23.7. The molecule has 2 heterocycles. The Morgan fingerprint density at radius 1 is 0.556 bits per heavy atom. The van der Waals surface area contributed by atoms with Gasteiger partial charge in [-0.05, 0) is 81.1 Å². The maximum absolute atomic E-state index is 13.4. The van der Waals surface area contributed by atoms with E-state index in [1.165, 1.54) is 0 Å². The zero-order valence-corrected chi connectivity index (χ0v) is 47.3. The predicted octanol–water partition coefficient (Wildman–Crippen LogP) is 8.27. The number of ether oxygens (including phenoxy) is 6. The van der Waals surface area contributed by atoms with Crippen molar-refractivity contribution in [1.29, 1.82) is 0 Å². The van der Waals surface area contributed by atoms with Gasteiger partial charge in [-0.3, -0.25) is 28.8 Å². The molecule has 0 bridgehead atoms. The second-order valence-corrected chi connectivity index (χ2v) is 21.0. The topological polar surface area (TPSA) is 313 Å². The van der Waals surface area contributed by atoms with Gasteiger partial charge in [0.05, 0.1) is 25.7 Å². The number of hydrogen-bond acceptors (Lipinski definition) is 20. The van der Waals surface area contributed by atoms with Crippen molar-refractivity contribution < 1.29 is 97.4 Å².